The van der Waals surface area contributed by atoms with E-state index in [1.807, 2.05) is 33.8 Å². The molecule has 2 heterocycles. The summed E-state index contributed by atoms with van der Waals surface area (Å²) in [6, 6.07) is 3.57. The number of hydrogen-bond acceptors (Lipinski definition) is 3. The van der Waals surface area contributed by atoms with Crippen LogP contribution in [0.3, 0.4) is 0 Å². The molecule has 0 unspecified atom stereocenters. The second-order valence-electron chi connectivity index (χ2n) is 5.34. The van der Waals surface area contributed by atoms with E-state index in [4.69, 9.17) is 0 Å². The SMILES string of the molecule is CCc1nc2cc(C(C)(C)C)cc(C(=O)O)n2n1. The highest BCUT2D eigenvalue weighted by Gasteiger charge is 2.20. The van der Waals surface area contributed by atoms with Crippen LogP contribution in [0, 0.1) is 0 Å². The minimum Gasteiger partial charge on any atom is -0.477 e. The van der Waals surface area contributed by atoms with E-state index >= 15 is 0 Å². The lowest BCUT2D eigenvalue weighted by Gasteiger charge is -2.19. The largest absolute Gasteiger partial charge is 0.477 e. The summed E-state index contributed by atoms with van der Waals surface area (Å²) in [5.41, 5.74) is 1.58. The number of fused-ring (bicyclic) bond motifs is 1. The Hall–Kier alpha value is -1.91. The summed E-state index contributed by atoms with van der Waals surface area (Å²) in [5.74, 6) is -0.331. The van der Waals surface area contributed by atoms with Crippen LogP contribution in [0.15, 0.2) is 12.1 Å². The molecule has 96 valence electrons. The Balaban J connectivity index is 2.76. The Labute approximate surface area is 105 Å². The van der Waals surface area contributed by atoms with Gasteiger partial charge in [-0.1, -0.05) is 27.7 Å². The van der Waals surface area contributed by atoms with Crippen LogP contribution in [0.25, 0.3) is 5.65 Å². The summed E-state index contributed by atoms with van der Waals surface area (Å²) in [4.78, 5) is 15.6. The minimum atomic E-state index is -0.987. The summed E-state index contributed by atoms with van der Waals surface area (Å²) >= 11 is 0. The summed E-state index contributed by atoms with van der Waals surface area (Å²) < 4.78 is 1.40. The summed E-state index contributed by atoms with van der Waals surface area (Å²) in [6.07, 6.45) is 0.686. The molecule has 18 heavy (non-hydrogen) atoms. The van der Waals surface area contributed by atoms with Crippen LogP contribution in [0.5, 0.6) is 0 Å². The van der Waals surface area contributed by atoms with E-state index in [1.165, 1.54) is 4.52 Å². The molecule has 2 aromatic rings. The second-order valence-corrected chi connectivity index (χ2v) is 5.34. The lowest BCUT2D eigenvalue weighted by molar-refractivity contribution is 0.0687. The van der Waals surface area contributed by atoms with Gasteiger partial charge < -0.3 is 5.11 Å². The third-order valence-corrected chi connectivity index (χ3v) is 2.88. The molecule has 1 N–H and O–H groups in total. The Morgan fingerprint density at radius 2 is 2.06 bits per heavy atom. The highest BCUT2D eigenvalue weighted by Crippen LogP contribution is 2.24. The zero-order valence-corrected chi connectivity index (χ0v) is 11.1. The lowest BCUT2D eigenvalue weighted by Crippen LogP contribution is -2.15. The van der Waals surface area contributed by atoms with E-state index < -0.39 is 5.97 Å². The zero-order valence-electron chi connectivity index (χ0n) is 11.1. The van der Waals surface area contributed by atoms with Crippen LogP contribution in [0.4, 0.5) is 0 Å². The van der Waals surface area contributed by atoms with E-state index in [0.717, 1.165) is 5.56 Å². The number of carboxylic acid groups (broad SMARTS) is 1. The van der Waals surface area contributed by atoms with Gasteiger partial charge in [-0.15, -0.1) is 0 Å². The van der Waals surface area contributed by atoms with E-state index in [9.17, 15) is 9.90 Å². The first-order valence-corrected chi connectivity index (χ1v) is 5.96. The molecule has 0 saturated heterocycles. The van der Waals surface area contributed by atoms with Gasteiger partial charge in [0, 0.05) is 6.42 Å². The number of hydrogen-bond donors (Lipinski definition) is 1. The second kappa shape index (κ2) is 4.08. The topological polar surface area (TPSA) is 67.5 Å². The van der Waals surface area contributed by atoms with Gasteiger partial charge in [0.15, 0.2) is 17.2 Å². The van der Waals surface area contributed by atoms with Crippen LogP contribution in [0.2, 0.25) is 0 Å². The molecule has 0 amide bonds. The van der Waals surface area contributed by atoms with Crippen molar-refractivity contribution in [3.63, 3.8) is 0 Å². The Morgan fingerprint density at radius 3 is 2.56 bits per heavy atom. The molecule has 2 rings (SSSR count). The maximum Gasteiger partial charge on any atom is 0.354 e. The van der Waals surface area contributed by atoms with Crippen LogP contribution < -0.4 is 0 Å². The summed E-state index contributed by atoms with van der Waals surface area (Å²) in [7, 11) is 0. The number of aromatic nitrogens is 3. The van der Waals surface area contributed by atoms with Gasteiger partial charge in [0.1, 0.15) is 0 Å². The molecule has 5 heteroatoms. The molecular formula is C13H17N3O2. The van der Waals surface area contributed by atoms with Gasteiger partial charge in [-0.2, -0.15) is 5.10 Å². The summed E-state index contributed by atoms with van der Waals surface area (Å²) in [5, 5.41) is 13.5. The van der Waals surface area contributed by atoms with Crippen molar-refractivity contribution < 1.29 is 9.90 Å². The van der Waals surface area contributed by atoms with Crippen molar-refractivity contribution in [2.45, 2.75) is 39.5 Å². The van der Waals surface area contributed by atoms with Crippen LogP contribution in [0.1, 0.15) is 49.6 Å². The van der Waals surface area contributed by atoms with Crippen molar-refractivity contribution in [3.8, 4) is 0 Å². The predicted octanol–water partition coefficient (Wildman–Crippen LogP) is 2.29. The Morgan fingerprint density at radius 1 is 1.39 bits per heavy atom. The van der Waals surface area contributed by atoms with Crippen molar-refractivity contribution in [2.75, 3.05) is 0 Å². The van der Waals surface area contributed by atoms with Crippen LogP contribution in [-0.4, -0.2) is 25.7 Å². The van der Waals surface area contributed by atoms with E-state index in [1.54, 1.807) is 6.07 Å². The monoisotopic (exact) mass is 247 g/mol. The van der Waals surface area contributed by atoms with Gasteiger partial charge in [-0.25, -0.2) is 14.3 Å². The van der Waals surface area contributed by atoms with Crippen LogP contribution in [-0.2, 0) is 11.8 Å². The van der Waals surface area contributed by atoms with Crippen molar-refractivity contribution in [3.05, 3.63) is 29.2 Å². The fraction of sp³-hybridized carbons (Fsp3) is 0.462. The van der Waals surface area contributed by atoms with Gasteiger partial charge in [0.05, 0.1) is 0 Å². The Kier molecular flexibility index (Phi) is 2.84. The predicted molar refractivity (Wildman–Crippen MR) is 68.0 cm³/mol. The normalized spacial score (nSPS) is 12.0. The number of carboxylic acids is 1. The molecule has 0 aliphatic heterocycles. The van der Waals surface area contributed by atoms with E-state index in [2.05, 4.69) is 10.1 Å². The van der Waals surface area contributed by atoms with E-state index in [-0.39, 0.29) is 11.1 Å². The van der Waals surface area contributed by atoms with Crippen molar-refractivity contribution >= 4 is 11.6 Å². The van der Waals surface area contributed by atoms with Crippen molar-refractivity contribution in [1.29, 1.82) is 0 Å². The number of pyridine rings is 1. The summed E-state index contributed by atoms with van der Waals surface area (Å²) in [6.45, 7) is 8.07. The first kappa shape index (κ1) is 12.5. The lowest BCUT2D eigenvalue weighted by atomic mass is 9.87. The fourth-order valence-electron chi connectivity index (χ4n) is 1.76. The molecule has 0 aliphatic rings. The van der Waals surface area contributed by atoms with Gasteiger partial charge >= 0.3 is 5.97 Å². The molecule has 0 radical (unpaired) electrons. The number of rotatable bonds is 2. The zero-order chi connectivity index (χ0) is 13.5. The van der Waals surface area contributed by atoms with Gasteiger partial charge in [0.25, 0.3) is 0 Å². The van der Waals surface area contributed by atoms with Gasteiger partial charge in [-0.3, -0.25) is 0 Å². The van der Waals surface area contributed by atoms with Crippen molar-refractivity contribution in [1.82, 2.24) is 14.6 Å². The number of aromatic carboxylic acids is 1. The maximum absolute atomic E-state index is 11.3. The number of aryl methyl sites for hydroxylation is 1. The minimum absolute atomic E-state index is 0.121. The number of nitrogens with zero attached hydrogens (tertiary/aromatic N) is 3. The third kappa shape index (κ3) is 2.08. The fourth-order valence-corrected chi connectivity index (χ4v) is 1.76. The molecule has 0 aliphatic carbocycles. The molecule has 0 atom stereocenters. The van der Waals surface area contributed by atoms with Gasteiger partial charge in [-0.05, 0) is 23.1 Å². The number of carbonyl (C=O) groups is 1. The highest BCUT2D eigenvalue weighted by atomic mass is 16.4. The molecular weight excluding hydrogens is 230 g/mol. The average molecular weight is 247 g/mol. The highest BCUT2D eigenvalue weighted by molar-refractivity contribution is 5.86. The molecule has 0 aromatic carbocycles. The Bertz CT molecular complexity index is 608. The standard InChI is InChI=1S/C13H17N3O2/c1-5-10-14-11-7-8(13(2,3)4)6-9(12(17)18)16(11)15-10/h6-7H,5H2,1-4H3,(H,17,18). The average Bonchev–Trinajstić information content (AvgIpc) is 2.68. The van der Waals surface area contributed by atoms with Crippen LogP contribution >= 0.6 is 0 Å². The molecule has 0 saturated carbocycles. The smallest absolute Gasteiger partial charge is 0.354 e. The molecule has 2 aromatic heterocycles. The first-order chi connectivity index (χ1) is 8.32. The first-order valence-electron chi connectivity index (χ1n) is 5.96. The quantitative estimate of drug-likeness (QED) is 0.884. The van der Waals surface area contributed by atoms with Crippen molar-refractivity contribution in [2.24, 2.45) is 0 Å². The maximum atomic E-state index is 11.3. The molecule has 0 bridgehead atoms. The molecule has 0 spiro atoms. The third-order valence-electron chi connectivity index (χ3n) is 2.88. The molecule has 0 fully saturated rings. The van der Waals surface area contributed by atoms with Gasteiger partial charge in [0.2, 0.25) is 0 Å². The molecule has 5 nitrogen and oxygen atoms in total. The van der Waals surface area contributed by atoms with E-state index in [0.29, 0.717) is 17.9 Å².